The number of amides is 1. The van der Waals surface area contributed by atoms with Crippen LogP contribution in [0.15, 0.2) is 36.4 Å². The summed E-state index contributed by atoms with van der Waals surface area (Å²) in [5, 5.41) is 2.35. The molecule has 2 heterocycles. The molecule has 0 aliphatic heterocycles. The van der Waals surface area contributed by atoms with E-state index in [9.17, 15) is 9.59 Å². The van der Waals surface area contributed by atoms with Crippen LogP contribution in [0.4, 0.5) is 0 Å². The van der Waals surface area contributed by atoms with E-state index in [1.54, 1.807) is 14.2 Å². The van der Waals surface area contributed by atoms with Crippen molar-refractivity contribution in [3.8, 4) is 11.5 Å². The van der Waals surface area contributed by atoms with Crippen LogP contribution in [-0.4, -0.2) is 53.0 Å². The third-order valence-corrected chi connectivity index (χ3v) is 10.8. The lowest BCUT2D eigenvalue weighted by Gasteiger charge is -2.36. The van der Waals surface area contributed by atoms with E-state index in [1.165, 1.54) is 27.9 Å². The minimum absolute atomic E-state index is 0.0570. The predicted molar refractivity (Wildman–Crippen MR) is 194 cm³/mol. The average molecular weight is 654 g/mol. The Hall–Kier alpha value is -3.74. The molecule has 2 aliphatic carbocycles. The maximum absolute atomic E-state index is 14.9. The molecule has 258 valence electrons. The molecule has 2 aromatic carbocycles. The Labute approximate surface area is 286 Å². The number of carbonyl (C=O) groups excluding carboxylic acids is 2. The molecule has 48 heavy (non-hydrogen) atoms. The summed E-state index contributed by atoms with van der Waals surface area (Å²) in [7, 11) is 3.42. The van der Waals surface area contributed by atoms with Gasteiger partial charge >= 0.3 is 0 Å². The number of rotatable bonds is 11. The van der Waals surface area contributed by atoms with E-state index in [0.29, 0.717) is 19.5 Å². The van der Waals surface area contributed by atoms with Crippen molar-refractivity contribution in [1.82, 2.24) is 14.0 Å². The van der Waals surface area contributed by atoms with Crippen molar-refractivity contribution >= 4 is 33.5 Å². The van der Waals surface area contributed by atoms with Crippen LogP contribution < -0.4 is 9.47 Å². The largest absolute Gasteiger partial charge is 0.497 e. The zero-order chi connectivity index (χ0) is 34.4. The highest BCUT2D eigenvalue weighted by atomic mass is 16.5. The van der Waals surface area contributed by atoms with Crippen molar-refractivity contribution in [2.24, 2.45) is 10.8 Å². The van der Waals surface area contributed by atoms with Gasteiger partial charge in [0, 0.05) is 46.7 Å². The van der Waals surface area contributed by atoms with E-state index in [2.05, 4.69) is 55.0 Å². The molecule has 0 saturated carbocycles. The van der Waals surface area contributed by atoms with Crippen molar-refractivity contribution in [1.29, 1.82) is 0 Å². The highest BCUT2D eigenvalue weighted by molar-refractivity contribution is 5.94. The second-order valence-electron chi connectivity index (χ2n) is 15.9. The molecular formula is C41H55N3O4. The van der Waals surface area contributed by atoms with Crippen LogP contribution in [0, 0.1) is 10.8 Å². The number of likely N-dealkylation sites (N-methyl/N-ethyl adjacent to an activating group) is 1. The zero-order valence-electron chi connectivity index (χ0n) is 30.5. The lowest BCUT2D eigenvalue weighted by atomic mass is 9.80. The van der Waals surface area contributed by atoms with Crippen LogP contribution in [0.5, 0.6) is 11.5 Å². The van der Waals surface area contributed by atoms with E-state index in [-0.39, 0.29) is 23.7 Å². The molecule has 0 fully saturated rings. The maximum Gasteiger partial charge on any atom is 0.245 e. The van der Waals surface area contributed by atoms with E-state index < -0.39 is 11.5 Å². The summed E-state index contributed by atoms with van der Waals surface area (Å²) in [6.45, 7) is 14.3. The van der Waals surface area contributed by atoms with Gasteiger partial charge in [0.25, 0.3) is 0 Å². The first-order valence-corrected chi connectivity index (χ1v) is 18.1. The molecule has 7 heteroatoms. The van der Waals surface area contributed by atoms with Crippen molar-refractivity contribution < 1.29 is 19.1 Å². The fourth-order valence-corrected chi connectivity index (χ4v) is 8.41. The van der Waals surface area contributed by atoms with Crippen LogP contribution in [0.1, 0.15) is 102 Å². The Balaban J connectivity index is 1.44. The normalized spacial score (nSPS) is 15.7. The van der Waals surface area contributed by atoms with Crippen molar-refractivity contribution in [2.75, 3.05) is 27.3 Å². The number of fused-ring (bicyclic) bond motifs is 6. The third-order valence-electron chi connectivity index (χ3n) is 10.8. The van der Waals surface area contributed by atoms with Gasteiger partial charge in [0.1, 0.15) is 17.5 Å². The van der Waals surface area contributed by atoms with Crippen LogP contribution >= 0.6 is 0 Å². The van der Waals surface area contributed by atoms with Crippen molar-refractivity contribution in [3.05, 3.63) is 58.9 Å². The van der Waals surface area contributed by atoms with E-state index >= 15 is 0 Å². The van der Waals surface area contributed by atoms with Gasteiger partial charge < -0.3 is 23.5 Å². The fourth-order valence-electron chi connectivity index (χ4n) is 8.41. The molecule has 2 aliphatic rings. The van der Waals surface area contributed by atoms with Crippen LogP contribution in [0.3, 0.4) is 0 Å². The van der Waals surface area contributed by atoms with Crippen LogP contribution in [0.25, 0.3) is 21.8 Å². The van der Waals surface area contributed by atoms with Gasteiger partial charge in [0.15, 0.2) is 5.78 Å². The average Bonchev–Trinajstić information content (AvgIpc) is 3.57. The quantitative estimate of drug-likeness (QED) is 0.163. The molecule has 1 amide bonds. The van der Waals surface area contributed by atoms with Crippen molar-refractivity contribution in [2.45, 2.75) is 112 Å². The number of Topliss-reactive ketones (excluding diaryl/α,β-unsaturated/α-hetero) is 1. The van der Waals surface area contributed by atoms with Gasteiger partial charge in [-0.3, -0.25) is 9.59 Å². The second-order valence-corrected chi connectivity index (χ2v) is 15.9. The first kappa shape index (κ1) is 34.1. The molecule has 0 N–H and O–H groups in total. The Bertz CT molecular complexity index is 1840. The molecule has 0 spiro atoms. The first-order valence-electron chi connectivity index (χ1n) is 18.1. The number of ketones is 1. The molecular weight excluding hydrogens is 598 g/mol. The third kappa shape index (κ3) is 6.25. The summed E-state index contributed by atoms with van der Waals surface area (Å²) in [5.41, 5.74) is 6.46. The Morgan fingerprint density at radius 2 is 1.54 bits per heavy atom. The summed E-state index contributed by atoms with van der Waals surface area (Å²) >= 11 is 0. The highest BCUT2D eigenvalue weighted by Crippen LogP contribution is 2.42. The minimum Gasteiger partial charge on any atom is -0.497 e. The van der Waals surface area contributed by atoms with Gasteiger partial charge in [-0.05, 0) is 106 Å². The van der Waals surface area contributed by atoms with Crippen molar-refractivity contribution in [3.63, 3.8) is 0 Å². The summed E-state index contributed by atoms with van der Waals surface area (Å²) < 4.78 is 16.1. The summed E-state index contributed by atoms with van der Waals surface area (Å²) in [6.07, 6.45) is 8.83. The number of methoxy groups -OCH3 is 2. The zero-order valence-corrected chi connectivity index (χ0v) is 30.5. The molecule has 0 bridgehead atoms. The van der Waals surface area contributed by atoms with Gasteiger partial charge in [-0.1, -0.05) is 40.7 Å². The topological polar surface area (TPSA) is 65.7 Å². The SMILES string of the molecule is CCN(CC(C)(C)C)C(=O)C(CC(C)(C)C(=O)Cn1c2c(c3c(OC)cccc31)CCCC2)n1c2c(c3ccc(OC)cc31)CCCC2. The number of aromatic nitrogens is 2. The Kier molecular flexibility index (Phi) is 9.45. The molecule has 7 nitrogen and oxygen atoms in total. The van der Waals surface area contributed by atoms with E-state index in [4.69, 9.17) is 9.47 Å². The molecule has 4 aromatic rings. The summed E-state index contributed by atoms with van der Waals surface area (Å²) in [6, 6.07) is 11.9. The van der Waals surface area contributed by atoms with Gasteiger partial charge in [-0.15, -0.1) is 0 Å². The minimum atomic E-state index is -0.768. The highest BCUT2D eigenvalue weighted by Gasteiger charge is 2.40. The second kappa shape index (κ2) is 13.3. The number of carbonyl (C=O) groups is 2. The molecule has 0 radical (unpaired) electrons. The van der Waals surface area contributed by atoms with Gasteiger partial charge in [-0.2, -0.15) is 0 Å². The lowest BCUT2D eigenvalue weighted by molar-refractivity contribution is -0.138. The molecule has 1 unspecified atom stereocenters. The molecule has 2 aromatic heterocycles. The molecule has 6 rings (SSSR count). The first-order chi connectivity index (χ1) is 22.9. The maximum atomic E-state index is 14.9. The van der Waals surface area contributed by atoms with Gasteiger partial charge in [-0.25, -0.2) is 0 Å². The summed E-state index contributed by atoms with van der Waals surface area (Å²) in [5.74, 6) is 1.90. The van der Waals surface area contributed by atoms with Crippen LogP contribution in [0.2, 0.25) is 0 Å². The summed E-state index contributed by atoms with van der Waals surface area (Å²) in [4.78, 5) is 31.6. The lowest BCUT2D eigenvalue weighted by Crippen LogP contribution is -2.44. The van der Waals surface area contributed by atoms with E-state index in [0.717, 1.165) is 79.3 Å². The number of hydrogen-bond donors (Lipinski definition) is 0. The molecule has 1 atom stereocenters. The predicted octanol–water partition coefficient (Wildman–Crippen LogP) is 8.49. The number of hydrogen-bond acceptors (Lipinski definition) is 4. The van der Waals surface area contributed by atoms with Gasteiger partial charge in [0.05, 0.1) is 31.8 Å². The number of benzene rings is 2. The monoisotopic (exact) mass is 653 g/mol. The molecule has 0 saturated heterocycles. The number of ether oxygens (including phenoxy) is 2. The Morgan fingerprint density at radius 1 is 0.854 bits per heavy atom. The number of nitrogens with zero attached hydrogens (tertiary/aromatic N) is 3. The fraction of sp³-hybridized carbons (Fsp3) is 0.561. The standard InChI is InChI=1S/C41H55N3O4/c1-9-42(26-40(2,3)4)39(46)35(44-32-18-13-10-15-28(32)29-22-21-27(47-7)23-34(29)44)24-41(5,6)37(45)25-43-31-17-12-11-16-30(31)38-33(43)19-14-20-36(38)48-8/h14,19-23,35H,9-13,15-18,24-26H2,1-8H3. The van der Waals surface area contributed by atoms with E-state index in [1.807, 2.05) is 36.9 Å². The smallest absolute Gasteiger partial charge is 0.245 e. The van der Waals surface area contributed by atoms with Crippen LogP contribution in [-0.2, 0) is 41.8 Å². The number of aryl methyl sites for hydroxylation is 2. The Morgan fingerprint density at radius 3 is 2.21 bits per heavy atom. The van der Waals surface area contributed by atoms with Gasteiger partial charge in [0.2, 0.25) is 5.91 Å².